The maximum absolute atomic E-state index is 2.36. The molecule has 0 nitrogen and oxygen atoms in total. The van der Waals surface area contributed by atoms with Crippen LogP contribution in [0.5, 0.6) is 0 Å². The number of hydrogen-bond donors (Lipinski definition) is 0. The van der Waals surface area contributed by atoms with Gasteiger partial charge in [0, 0.05) is 0 Å². The molecule has 0 aromatic heterocycles. The molecular weight excluding hydrogens is 235 g/mol. The number of hydrogen-bond acceptors (Lipinski definition) is 0. The van der Waals surface area contributed by atoms with E-state index < -0.39 is 0 Å². The standard InChI is InChI=1S/C17H17P/c1-2-7-14(8-3-1)18-11-10-16-15-9-5-4-6-13(15)12-17(16)18/h1-9,16-17H,10-12H2/t16-,17+,18-/m1/s1. The molecule has 0 saturated carbocycles. The second-order valence-corrected chi connectivity index (χ2v) is 7.96. The molecule has 2 aromatic rings. The molecule has 1 aliphatic heterocycles. The maximum atomic E-state index is 2.36. The van der Waals surface area contributed by atoms with Gasteiger partial charge in [-0.15, -0.1) is 0 Å². The molecule has 4 rings (SSSR count). The summed E-state index contributed by atoms with van der Waals surface area (Å²) in [5.41, 5.74) is 4.19. The summed E-state index contributed by atoms with van der Waals surface area (Å²) >= 11 is 0. The van der Waals surface area contributed by atoms with Crippen LogP contribution in [0.3, 0.4) is 0 Å². The van der Waals surface area contributed by atoms with E-state index in [0.29, 0.717) is 0 Å². The van der Waals surface area contributed by atoms with Crippen LogP contribution < -0.4 is 5.30 Å². The van der Waals surface area contributed by atoms with E-state index >= 15 is 0 Å². The van der Waals surface area contributed by atoms with Crippen molar-refractivity contribution in [1.82, 2.24) is 0 Å². The van der Waals surface area contributed by atoms with E-state index in [-0.39, 0.29) is 7.92 Å². The van der Waals surface area contributed by atoms with Crippen molar-refractivity contribution in [3.8, 4) is 0 Å². The lowest BCUT2D eigenvalue weighted by atomic mass is 9.99. The minimum Gasteiger partial charge on any atom is -0.0712 e. The maximum Gasteiger partial charge on any atom is -0.00593 e. The van der Waals surface area contributed by atoms with Gasteiger partial charge in [0.15, 0.2) is 0 Å². The molecule has 3 atom stereocenters. The smallest absolute Gasteiger partial charge is 0.00593 e. The van der Waals surface area contributed by atoms with E-state index in [1.165, 1.54) is 19.0 Å². The van der Waals surface area contributed by atoms with Gasteiger partial charge in [-0.3, -0.25) is 0 Å². The first-order valence-electron chi connectivity index (χ1n) is 6.83. The van der Waals surface area contributed by atoms with Gasteiger partial charge in [-0.25, -0.2) is 0 Å². The van der Waals surface area contributed by atoms with Crippen molar-refractivity contribution in [2.45, 2.75) is 24.4 Å². The summed E-state index contributed by atoms with van der Waals surface area (Å²) < 4.78 is 0. The molecule has 0 N–H and O–H groups in total. The van der Waals surface area contributed by atoms with Crippen LogP contribution in [0.2, 0.25) is 0 Å². The Hall–Kier alpha value is -1.13. The fraction of sp³-hybridized carbons (Fsp3) is 0.294. The van der Waals surface area contributed by atoms with Crippen molar-refractivity contribution in [3.63, 3.8) is 0 Å². The third kappa shape index (κ3) is 1.56. The topological polar surface area (TPSA) is 0 Å². The monoisotopic (exact) mass is 252 g/mol. The van der Waals surface area contributed by atoms with Crippen molar-refractivity contribution < 1.29 is 0 Å². The fourth-order valence-corrected chi connectivity index (χ4v) is 6.96. The van der Waals surface area contributed by atoms with Crippen LogP contribution in [0.4, 0.5) is 0 Å². The predicted molar refractivity (Wildman–Crippen MR) is 79.2 cm³/mol. The molecule has 0 radical (unpaired) electrons. The molecule has 1 aliphatic carbocycles. The van der Waals surface area contributed by atoms with Crippen molar-refractivity contribution in [2.75, 3.05) is 6.16 Å². The Labute approximate surface area is 110 Å². The van der Waals surface area contributed by atoms with Crippen molar-refractivity contribution in [3.05, 3.63) is 65.7 Å². The third-order valence-corrected chi connectivity index (χ3v) is 7.56. The molecule has 2 aliphatic rings. The van der Waals surface area contributed by atoms with E-state index in [4.69, 9.17) is 0 Å². The zero-order valence-corrected chi connectivity index (χ0v) is 11.3. The summed E-state index contributed by atoms with van der Waals surface area (Å²) in [6.45, 7) is 0. The van der Waals surface area contributed by atoms with E-state index in [9.17, 15) is 0 Å². The first kappa shape index (κ1) is 10.8. The van der Waals surface area contributed by atoms with Crippen molar-refractivity contribution in [2.24, 2.45) is 0 Å². The van der Waals surface area contributed by atoms with Gasteiger partial charge >= 0.3 is 0 Å². The molecule has 0 amide bonds. The summed E-state index contributed by atoms with van der Waals surface area (Å²) in [4.78, 5) is 0. The van der Waals surface area contributed by atoms with Crippen molar-refractivity contribution >= 4 is 13.2 Å². The first-order chi connectivity index (χ1) is 8.93. The van der Waals surface area contributed by atoms with Gasteiger partial charge in [-0.05, 0) is 47.0 Å². The van der Waals surface area contributed by atoms with Crippen LogP contribution in [0, 0.1) is 0 Å². The van der Waals surface area contributed by atoms with Crippen LogP contribution in [0.1, 0.15) is 23.5 Å². The first-order valence-corrected chi connectivity index (χ1v) is 8.42. The largest absolute Gasteiger partial charge is 0.0712 e. The highest BCUT2D eigenvalue weighted by molar-refractivity contribution is 7.66. The zero-order chi connectivity index (χ0) is 11.9. The summed E-state index contributed by atoms with van der Waals surface area (Å²) in [7, 11) is 0.0730. The fourth-order valence-electron chi connectivity index (χ4n) is 3.72. The summed E-state index contributed by atoms with van der Waals surface area (Å²) in [6, 6.07) is 20.3. The Morgan fingerprint density at radius 1 is 0.889 bits per heavy atom. The van der Waals surface area contributed by atoms with E-state index in [1.807, 2.05) is 0 Å². The molecule has 0 bridgehead atoms. The van der Waals surface area contributed by atoms with Gasteiger partial charge in [0.2, 0.25) is 0 Å². The highest BCUT2D eigenvalue weighted by Gasteiger charge is 2.42. The second-order valence-electron chi connectivity index (χ2n) is 5.39. The number of fused-ring (bicyclic) bond motifs is 3. The molecular formula is C17H17P. The minimum absolute atomic E-state index is 0.0730. The van der Waals surface area contributed by atoms with E-state index in [1.54, 1.807) is 16.4 Å². The molecule has 90 valence electrons. The Bertz CT molecular complexity index is 561. The molecule has 1 heterocycles. The predicted octanol–water partition coefficient (Wildman–Crippen LogP) is 3.91. The Balaban J connectivity index is 1.70. The van der Waals surface area contributed by atoms with Gasteiger partial charge in [-0.1, -0.05) is 62.5 Å². The molecule has 1 heteroatoms. The zero-order valence-electron chi connectivity index (χ0n) is 10.4. The molecule has 0 unspecified atom stereocenters. The van der Waals surface area contributed by atoms with Gasteiger partial charge in [0.05, 0.1) is 0 Å². The Morgan fingerprint density at radius 3 is 2.56 bits per heavy atom. The molecule has 0 spiro atoms. The molecule has 1 saturated heterocycles. The van der Waals surface area contributed by atoms with Crippen LogP contribution in [0.15, 0.2) is 54.6 Å². The quantitative estimate of drug-likeness (QED) is 0.675. The van der Waals surface area contributed by atoms with E-state index in [2.05, 4.69) is 54.6 Å². The molecule has 2 aromatic carbocycles. The van der Waals surface area contributed by atoms with Gasteiger partial charge in [0.1, 0.15) is 0 Å². The normalized spacial score (nSPS) is 29.0. The van der Waals surface area contributed by atoms with Crippen LogP contribution in [-0.2, 0) is 6.42 Å². The summed E-state index contributed by atoms with van der Waals surface area (Å²) in [6.07, 6.45) is 4.16. The lowest BCUT2D eigenvalue weighted by Crippen LogP contribution is -2.12. The minimum atomic E-state index is 0.0730. The summed E-state index contributed by atoms with van der Waals surface area (Å²) in [5.74, 6) is 0.854. The average Bonchev–Trinajstić information content (AvgIpc) is 2.98. The van der Waals surface area contributed by atoms with Gasteiger partial charge in [0.25, 0.3) is 0 Å². The average molecular weight is 252 g/mol. The lowest BCUT2D eigenvalue weighted by molar-refractivity contribution is 0.709. The lowest BCUT2D eigenvalue weighted by Gasteiger charge is -2.19. The van der Waals surface area contributed by atoms with Crippen LogP contribution in [-0.4, -0.2) is 11.8 Å². The van der Waals surface area contributed by atoms with Gasteiger partial charge < -0.3 is 0 Å². The Morgan fingerprint density at radius 2 is 1.67 bits per heavy atom. The van der Waals surface area contributed by atoms with E-state index in [0.717, 1.165) is 11.6 Å². The van der Waals surface area contributed by atoms with Crippen LogP contribution in [0.25, 0.3) is 0 Å². The van der Waals surface area contributed by atoms with Crippen LogP contribution >= 0.6 is 7.92 Å². The second kappa shape index (κ2) is 4.21. The third-order valence-electron chi connectivity index (χ3n) is 4.52. The van der Waals surface area contributed by atoms with Crippen molar-refractivity contribution in [1.29, 1.82) is 0 Å². The number of rotatable bonds is 1. The molecule has 18 heavy (non-hydrogen) atoms. The number of benzene rings is 2. The Kier molecular flexibility index (Phi) is 2.52. The summed E-state index contributed by atoms with van der Waals surface area (Å²) in [5, 5.41) is 1.62. The van der Waals surface area contributed by atoms with Gasteiger partial charge in [-0.2, -0.15) is 0 Å². The molecule has 1 fully saturated rings. The SMILES string of the molecule is c1ccc([P@@]2CC[C@@H]3c4ccccc4C[C@@H]32)cc1. The highest BCUT2D eigenvalue weighted by atomic mass is 31.1. The highest BCUT2D eigenvalue weighted by Crippen LogP contribution is 2.60.